The van der Waals surface area contributed by atoms with E-state index in [9.17, 15) is 0 Å². The van der Waals surface area contributed by atoms with E-state index < -0.39 is 23.7 Å². The van der Waals surface area contributed by atoms with Gasteiger partial charge in [0.25, 0.3) is 0 Å². The summed E-state index contributed by atoms with van der Waals surface area (Å²) in [5.41, 5.74) is 0. The molecular formula is C5H12O2Zr. The minimum absolute atomic E-state index is 0.557. The van der Waals surface area contributed by atoms with Crippen LogP contribution in [0.5, 0.6) is 0 Å². The van der Waals surface area contributed by atoms with Crippen molar-refractivity contribution in [3.8, 4) is 0 Å². The van der Waals surface area contributed by atoms with Crippen molar-refractivity contribution in [2.75, 3.05) is 18.0 Å². The Labute approximate surface area is 62.7 Å². The summed E-state index contributed by atoms with van der Waals surface area (Å²) in [7, 11) is 1.72. The second-order valence-corrected chi connectivity index (χ2v) is 3.55. The van der Waals surface area contributed by atoms with E-state index in [0.29, 0.717) is 0 Å². The summed E-state index contributed by atoms with van der Waals surface area (Å²) >= 11 is -0.557. The molecule has 2 nitrogen and oxygen atoms in total. The van der Waals surface area contributed by atoms with E-state index in [1.807, 2.05) is 0 Å². The predicted octanol–water partition coefficient (Wildman–Crippen LogP) is 1.01. The quantitative estimate of drug-likeness (QED) is 0.610. The van der Waals surface area contributed by atoms with Crippen LogP contribution in [0.15, 0.2) is 0 Å². The van der Waals surface area contributed by atoms with E-state index >= 15 is 0 Å². The average Bonchev–Trinajstić information content (AvgIpc) is 1.81. The molecule has 0 unspecified atom stereocenters. The van der Waals surface area contributed by atoms with Crippen LogP contribution in [0.25, 0.3) is 0 Å². The summed E-state index contributed by atoms with van der Waals surface area (Å²) in [4.78, 5) is 0. The molecular weight excluding hydrogens is 183 g/mol. The second kappa shape index (κ2) is 7.80. The van der Waals surface area contributed by atoms with Gasteiger partial charge >= 0.3 is 62.6 Å². The van der Waals surface area contributed by atoms with Crippen molar-refractivity contribution < 1.29 is 31.2 Å². The predicted molar refractivity (Wildman–Crippen MR) is 28.1 cm³/mol. The van der Waals surface area contributed by atoms with Gasteiger partial charge in [-0.1, -0.05) is 0 Å². The van der Waals surface area contributed by atoms with Crippen molar-refractivity contribution in [1.82, 2.24) is 0 Å². The van der Waals surface area contributed by atoms with Crippen LogP contribution in [0.3, 0.4) is 0 Å². The molecule has 0 fully saturated rings. The molecule has 3 heteroatoms. The zero-order chi connectivity index (χ0) is 6.24. The van der Waals surface area contributed by atoms with Crippen LogP contribution in [0.1, 0.15) is 13.3 Å². The molecule has 0 aliphatic carbocycles. The van der Waals surface area contributed by atoms with Gasteiger partial charge in [0.1, 0.15) is 0 Å². The van der Waals surface area contributed by atoms with E-state index in [4.69, 9.17) is 7.55 Å². The van der Waals surface area contributed by atoms with Crippen molar-refractivity contribution in [3.05, 3.63) is 0 Å². The van der Waals surface area contributed by atoms with E-state index in [1.54, 1.807) is 7.11 Å². The summed E-state index contributed by atoms with van der Waals surface area (Å²) in [6.07, 6.45) is 1.13. The molecule has 0 aliphatic rings. The molecule has 0 saturated carbocycles. The summed E-state index contributed by atoms with van der Waals surface area (Å²) in [5.74, 6) is 0. The fraction of sp³-hybridized carbons (Fsp3) is 1.00. The Morgan fingerprint density at radius 1 is 1.50 bits per heavy atom. The molecule has 0 amide bonds. The first kappa shape index (κ1) is 8.80. The van der Waals surface area contributed by atoms with Crippen LogP contribution in [-0.4, -0.2) is 18.0 Å². The van der Waals surface area contributed by atoms with E-state index in [0.717, 1.165) is 17.3 Å². The number of rotatable bonds is 5. The molecule has 8 heavy (non-hydrogen) atoms. The fourth-order valence-electron chi connectivity index (χ4n) is 0.275. The Bertz CT molecular complexity index is 35.4. The molecule has 0 rings (SSSR count). The van der Waals surface area contributed by atoms with Crippen LogP contribution in [0.4, 0.5) is 0 Å². The molecule has 0 heterocycles. The van der Waals surface area contributed by atoms with Gasteiger partial charge in [-0.2, -0.15) is 0 Å². The number of ether oxygens (including phenoxy) is 1. The fourth-order valence-corrected chi connectivity index (χ4v) is 1.63. The van der Waals surface area contributed by atoms with E-state index in [1.165, 1.54) is 0 Å². The Kier molecular flexibility index (Phi) is 8.59. The number of methoxy groups -OCH3 is 1. The first-order chi connectivity index (χ1) is 3.91. The first-order valence-electron chi connectivity index (χ1n) is 2.75. The molecule has 0 saturated heterocycles. The molecule has 0 N–H and O–H groups in total. The number of hydrogen-bond acceptors (Lipinski definition) is 2. The third-order valence-electron chi connectivity index (χ3n) is 0.612. The van der Waals surface area contributed by atoms with Gasteiger partial charge in [0.15, 0.2) is 0 Å². The molecule has 0 aromatic rings. The second-order valence-electron chi connectivity index (χ2n) is 1.43. The summed E-state index contributed by atoms with van der Waals surface area (Å²) < 4.78 is 11.0. The van der Waals surface area contributed by atoms with Crippen LogP contribution in [0.2, 0.25) is 0 Å². The van der Waals surface area contributed by atoms with Crippen LogP contribution >= 0.6 is 0 Å². The summed E-state index contributed by atoms with van der Waals surface area (Å²) in [6, 6.07) is 0. The summed E-state index contributed by atoms with van der Waals surface area (Å²) in [6.45, 7) is 3.04. The maximum atomic E-state index is 5.27. The molecule has 0 radical (unpaired) electrons. The number of hydrogen-bond donors (Lipinski definition) is 0. The monoisotopic (exact) mass is 194 g/mol. The normalized spacial score (nSPS) is 9.25. The van der Waals surface area contributed by atoms with E-state index in [2.05, 4.69) is 6.92 Å². The Balaban J connectivity index is 2.53. The average molecular weight is 195 g/mol. The van der Waals surface area contributed by atoms with Gasteiger partial charge in [-0.25, -0.2) is 0 Å². The molecule has 0 aliphatic heterocycles. The zero-order valence-corrected chi connectivity index (χ0v) is 7.90. The van der Waals surface area contributed by atoms with Crippen LogP contribution < -0.4 is 0 Å². The van der Waals surface area contributed by atoms with Gasteiger partial charge in [0, 0.05) is 0 Å². The molecule has 0 bridgehead atoms. The zero-order valence-electron chi connectivity index (χ0n) is 5.44. The van der Waals surface area contributed by atoms with Gasteiger partial charge in [0.2, 0.25) is 0 Å². The third-order valence-corrected chi connectivity index (χ3v) is 2.61. The molecule has 48 valence electrons. The summed E-state index contributed by atoms with van der Waals surface area (Å²) in [5, 5.41) is 0. The van der Waals surface area contributed by atoms with Crippen molar-refractivity contribution >= 4 is 0 Å². The van der Waals surface area contributed by atoms with Gasteiger partial charge < -0.3 is 0 Å². The van der Waals surface area contributed by atoms with Crippen LogP contribution in [-0.2, 0) is 31.2 Å². The minimum atomic E-state index is -0.557. The van der Waals surface area contributed by atoms with Gasteiger partial charge in [-0.3, -0.25) is 0 Å². The van der Waals surface area contributed by atoms with Gasteiger partial charge in [-0.05, 0) is 0 Å². The van der Waals surface area contributed by atoms with Gasteiger partial charge in [-0.15, -0.1) is 0 Å². The standard InChI is InChI=1S/C3H7O.C2H5O.Zr/c1-2-3-4;1-3-2;/h2-3H2,1H3;1H2,2H3;/q-1;;+1. The molecule has 0 aromatic carbocycles. The van der Waals surface area contributed by atoms with Crippen molar-refractivity contribution in [3.63, 3.8) is 0 Å². The molecule has 0 atom stereocenters. The van der Waals surface area contributed by atoms with Crippen molar-refractivity contribution in [2.24, 2.45) is 0 Å². The molecule has 0 aromatic heterocycles. The Hall–Kier alpha value is 0.803. The molecule has 0 spiro atoms. The third kappa shape index (κ3) is 6.80. The Morgan fingerprint density at radius 2 is 2.25 bits per heavy atom. The van der Waals surface area contributed by atoms with Crippen molar-refractivity contribution in [1.29, 1.82) is 0 Å². The Morgan fingerprint density at radius 3 is 2.75 bits per heavy atom. The van der Waals surface area contributed by atoms with Gasteiger partial charge in [0.05, 0.1) is 0 Å². The maximum absolute atomic E-state index is 5.27. The topological polar surface area (TPSA) is 18.5 Å². The SMILES string of the molecule is CCC[O][Zr][CH2]OC. The van der Waals surface area contributed by atoms with Crippen LogP contribution in [0, 0.1) is 0 Å². The van der Waals surface area contributed by atoms with Crippen molar-refractivity contribution in [2.45, 2.75) is 13.3 Å². The first-order valence-corrected chi connectivity index (χ1v) is 5.49. The van der Waals surface area contributed by atoms with E-state index in [-0.39, 0.29) is 0 Å².